The fourth-order valence-corrected chi connectivity index (χ4v) is 3.16. The van der Waals surface area contributed by atoms with Gasteiger partial charge in [-0.1, -0.05) is 22.0 Å². The van der Waals surface area contributed by atoms with E-state index in [0.717, 1.165) is 14.6 Å². The molecule has 90 valence electrons. The lowest BCUT2D eigenvalue weighted by molar-refractivity contribution is 0.0948. The van der Waals surface area contributed by atoms with Gasteiger partial charge in [0.25, 0.3) is 5.91 Å². The Morgan fingerprint density at radius 1 is 1.47 bits per heavy atom. The Balaban J connectivity index is 2.48. The van der Waals surface area contributed by atoms with Gasteiger partial charge in [-0.2, -0.15) is 0 Å². The van der Waals surface area contributed by atoms with Gasteiger partial charge in [0.1, 0.15) is 4.88 Å². The van der Waals surface area contributed by atoms with Crippen LogP contribution in [0.15, 0.2) is 22.7 Å². The van der Waals surface area contributed by atoms with Crippen molar-refractivity contribution in [3.63, 3.8) is 0 Å². The third kappa shape index (κ3) is 2.45. The molecular weight excluding hydrogens is 300 g/mol. The van der Waals surface area contributed by atoms with Crippen LogP contribution in [0.1, 0.15) is 23.5 Å². The lowest BCUT2D eigenvalue weighted by Crippen LogP contribution is -2.29. The third-order valence-corrected chi connectivity index (χ3v) is 3.98. The summed E-state index contributed by atoms with van der Waals surface area (Å²) in [5.74, 6) is -0.102. The molecule has 17 heavy (non-hydrogen) atoms. The van der Waals surface area contributed by atoms with E-state index in [9.17, 15) is 4.79 Å². The Labute approximate surface area is 112 Å². The summed E-state index contributed by atoms with van der Waals surface area (Å²) in [7, 11) is 0. The van der Waals surface area contributed by atoms with E-state index < -0.39 is 0 Å². The van der Waals surface area contributed by atoms with E-state index in [0.29, 0.717) is 10.6 Å². The molecule has 0 bridgehead atoms. The summed E-state index contributed by atoms with van der Waals surface area (Å²) >= 11 is 4.83. The lowest BCUT2D eigenvalue weighted by Gasteiger charge is -2.06. The molecule has 0 fully saturated rings. The molecule has 1 heterocycles. The standard InChI is InChI=1S/C12H13BrN2OS/c1-6(2)15-12(16)11-10(14)8-4-3-7(13)5-9(8)17-11/h3-6H,14H2,1-2H3,(H,15,16). The fraction of sp³-hybridized carbons (Fsp3) is 0.250. The Kier molecular flexibility index (Phi) is 3.40. The Morgan fingerprint density at radius 2 is 2.18 bits per heavy atom. The number of nitrogens with one attached hydrogen (secondary N) is 1. The van der Waals surface area contributed by atoms with Crippen molar-refractivity contribution < 1.29 is 4.79 Å². The van der Waals surface area contributed by atoms with Gasteiger partial charge in [-0.15, -0.1) is 11.3 Å². The van der Waals surface area contributed by atoms with Gasteiger partial charge in [0.2, 0.25) is 0 Å². The van der Waals surface area contributed by atoms with E-state index in [1.807, 2.05) is 32.0 Å². The molecule has 0 spiro atoms. The number of amides is 1. The van der Waals surface area contributed by atoms with E-state index in [4.69, 9.17) is 5.73 Å². The Bertz CT molecular complexity index is 577. The van der Waals surface area contributed by atoms with Crippen molar-refractivity contribution in [3.8, 4) is 0 Å². The topological polar surface area (TPSA) is 55.1 Å². The molecule has 0 aliphatic heterocycles. The molecule has 0 atom stereocenters. The molecule has 0 saturated carbocycles. The number of hydrogen-bond acceptors (Lipinski definition) is 3. The highest BCUT2D eigenvalue weighted by atomic mass is 79.9. The van der Waals surface area contributed by atoms with Crippen molar-refractivity contribution in [1.29, 1.82) is 0 Å². The zero-order valence-corrected chi connectivity index (χ0v) is 12.0. The summed E-state index contributed by atoms with van der Waals surface area (Å²) < 4.78 is 2.01. The van der Waals surface area contributed by atoms with Crippen molar-refractivity contribution in [2.45, 2.75) is 19.9 Å². The first-order valence-electron chi connectivity index (χ1n) is 5.27. The summed E-state index contributed by atoms with van der Waals surface area (Å²) in [5, 5.41) is 3.79. The van der Waals surface area contributed by atoms with Gasteiger partial charge in [0.15, 0.2) is 0 Å². The molecule has 2 aromatic rings. The smallest absolute Gasteiger partial charge is 0.263 e. The molecule has 5 heteroatoms. The van der Waals surface area contributed by atoms with Crippen LogP contribution in [0, 0.1) is 0 Å². The average molecular weight is 313 g/mol. The average Bonchev–Trinajstić information content (AvgIpc) is 2.54. The first-order valence-corrected chi connectivity index (χ1v) is 6.88. The largest absolute Gasteiger partial charge is 0.397 e. The minimum Gasteiger partial charge on any atom is -0.397 e. The van der Waals surface area contributed by atoms with E-state index in [1.54, 1.807) is 0 Å². The summed E-state index contributed by atoms with van der Waals surface area (Å²) in [4.78, 5) is 12.5. The summed E-state index contributed by atoms with van der Waals surface area (Å²) in [6.45, 7) is 3.86. The molecule has 1 amide bonds. The highest BCUT2D eigenvalue weighted by Gasteiger charge is 2.16. The van der Waals surface area contributed by atoms with Crippen LogP contribution in [-0.2, 0) is 0 Å². The number of hydrogen-bond donors (Lipinski definition) is 2. The number of nitrogen functional groups attached to an aromatic ring is 1. The second-order valence-corrected chi connectivity index (χ2v) is 6.08. The van der Waals surface area contributed by atoms with Gasteiger partial charge in [-0.25, -0.2) is 0 Å². The second kappa shape index (κ2) is 4.66. The maximum absolute atomic E-state index is 11.9. The van der Waals surface area contributed by atoms with Crippen LogP contribution in [0.25, 0.3) is 10.1 Å². The van der Waals surface area contributed by atoms with Crippen LogP contribution in [0.3, 0.4) is 0 Å². The molecule has 0 unspecified atom stereocenters. The van der Waals surface area contributed by atoms with Crippen LogP contribution in [0.2, 0.25) is 0 Å². The number of nitrogens with two attached hydrogens (primary N) is 1. The number of halogens is 1. The van der Waals surface area contributed by atoms with E-state index in [1.165, 1.54) is 11.3 Å². The minimum absolute atomic E-state index is 0.102. The van der Waals surface area contributed by atoms with Crippen LogP contribution in [0.4, 0.5) is 5.69 Å². The number of anilines is 1. The molecule has 0 aliphatic rings. The van der Waals surface area contributed by atoms with Crippen LogP contribution in [-0.4, -0.2) is 11.9 Å². The first-order chi connectivity index (χ1) is 7.99. The van der Waals surface area contributed by atoms with Crippen molar-refractivity contribution in [2.75, 3.05) is 5.73 Å². The molecule has 0 saturated heterocycles. The predicted octanol–water partition coefficient (Wildman–Crippen LogP) is 3.38. The maximum Gasteiger partial charge on any atom is 0.263 e. The molecule has 1 aromatic carbocycles. The molecule has 3 nitrogen and oxygen atoms in total. The molecule has 1 aromatic heterocycles. The van der Waals surface area contributed by atoms with Crippen molar-refractivity contribution in [2.24, 2.45) is 0 Å². The molecule has 3 N–H and O–H groups in total. The number of carbonyl (C=O) groups excluding carboxylic acids is 1. The van der Waals surface area contributed by atoms with Gasteiger partial charge in [0, 0.05) is 20.6 Å². The van der Waals surface area contributed by atoms with Crippen molar-refractivity contribution >= 4 is 48.9 Å². The number of rotatable bonds is 2. The normalized spacial score (nSPS) is 11.1. The van der Waals surface area contributed by atoms with Crippen LogP contribution in [0.5, 0.6) is 0 Å². The first kappa shape index (κ1) is 12.4. The van der Waals surface area contributed by atoms with Crippen LogP contribution < -0.4 is 11.1 Å². The number of carbonyl (C=O) groups is 1. The quantitative estimate of drug-likeness (QED) is 0.893. The SMILES string of the molecule is CC(C)NC(=O)c1sc2cc(Br)ccc2c1N. The third-order valence-electron chi connectivity index (χ3n) is 2.32. The predicted molar refractivity (Wildman–Crippen MR) is 76.5 cm³/mol. The van der Waals surface area contributed by atoms with E-state index in [-0.39, 0.29) is 11.9 Å². The lowest BCUT2D eigenvalue weighted by atomic mass is 10.2. The highest BCUT2D eigenvalue weighted by Crippen LogP contribution is 2.35. The van der Waals surface area contributed by atoms with Gasteiger partial charge >= 0.3 is 0 Å². The maximum atomic E-state index is 11.9. The van der Waals surface area contributed by atoms with Gasteiger partial charge < -0.3 is 11.1 Å². The van der Waals surface area contributed by atoms with Gasteiger partial charge in [-0.05, 0) is 26.0 Å². The summed E-state index contributed by atoms with van der Waals surface area (Å²) in [6, 6.07) is 5.94. The van der Waals surface area contributed by atoms with Gasteiger partial charge in [0.05, 0.1) is 5.69 Å². The van der Waals surface area contributed by atoms with E-state index in [2.05, 4.69) is 21.2 Å². The molecular formula is C12H13BrN2OS. The van der Waals surface area contributed by atoms with Crippen molar-refractivity contribution in [1.82, 2.24) is 5.32 Å². The molecule has 0 radical (unpaired) electrons. The zero-order chi connectivity index (χ0) is 12.6. The van der Waals surface area contributed by atoms with Crippen LogP contribution >= 0.6 is 27.3 Å². The highest BCUT2D eigenvalue weighted by molar-refractivity contribution is 9.10. The molecule has 2 rings (SSSR count). The van der Waals surface area contributed by atoms with Gasteiger partial charge in [-0.3, -0.25) is 4.79 Å². The van der Waals surface area contributed by atoms with Crippen molar-refractivity contribution in [3.05, 3.63) is 27.5 Å². The number of thiophene rings is 1. The Morgan fingerprint density at radius 3 is 2.82 bits per heavy atom. The summed E-state index contributed by atoms with van der Waals surface area (Å²) in [6.07, 6.45) is 0. The Hall–Kier alpha value is -1.07. The fourth-order valence-electron chi connectivity index (χ4n) is 1.59. The van der Waals surface area contributed by atoms with E-state index >= 15 is 0 Å². The molecule has 0 aliphatic carbocycles. The number of fused-ring (bicyclic) bond motifs is 1. The zero-order valence-electron chi connectivity index (χ0n) is 9.58. The second-order valence-electron chi connectivity index (χ2n) is 4.11. The minimum atomic E-state index is -0.102. The monoisotopic (exact) mass is 312 g/mol. The summed E-state index contributed by atoms with van der Waals surface area (Å²) in [5.41, 5.74) is 6.57. The number of benzene rings is 1.